The monoisotopic (exact) mass is 247 g/mol. The van der Waals surface area contributed by atoms with Gasteiger partial charge in [0.1, 0.15) is 12.1 Å². The summed E-state index contributed by atoms with van der Waals surface area (Å²) in [5, 5.41) is 7.82. The van der Waals surface area contributed by atoms with Gasteiger partial charge in [-0.15, -0.1) is 0 Å². The number of fused-ring (bicyclic) bond motifs is 1. The molecule has 6 heteroatoms. The molecule has 1 N–H and O–H groups in total. The summed E-state index contributed by atoms with van der Waals surface area (Å²) in [5.74, 6) is 0.905. The topological polar surface area (TPSA) is 66.9 Å². The molecule has 1 fully saturated rings. The molecule has 1 unspecified atom stereocenters. The van der Waals surface area contributed by atoms with Crippen LogP contribution in [0.15, 0.2) is 12.5 Å². The standard InChI is InChI=1S/C12H17N5O/c1-17(7-9-4-2-3-5-18-9)12-10-6-15-16-11(10)13-8-14-12/h6,8-9H,2-5,7H2,1H3,(H,13,14,15,16). The van der Waals surface area contributed by atoms with Gasteiger partial charge in [0.15, 0.2) is 5.65 Å². The molecule has 2 aromatic heterocycles. The molecule has 2 aromatic rings. The van der Waals surface area contributed by atoms with Gasteiger partial charge in [-0.05, 0) is 19.3 Å². The number of hydrogen-bond acceptors (Lipinski definition) is 5. The van der Waals surface area contributed by atoms with E-state index in [9.17, 15) is 0 Å². The predicted octanol–water partition coefficient (Wildman–Crippen LogP) is 1.36. The summed E-state index contributed by atoms with van der Waals surface area (Å²) in [6.07, 6.45) is 7.20. The highest BCUT2D eigenvalue weighted by molar-refractivity contribution is 5.85. The molecule has 0 bridgehead atoms. The lowest BCUT2D eigenvalue weighted by Crippen LogP contribution is -2.33. The van der Waals surface area contributed by atoms with Crippen LogP contribution in [0.2, 0.25) is 0 Å². The number of H-pyrrole nitrogens is 1. The van der Waals surface area contributed by atoms with Crippen LogP contribution in [-0.2, 0) is 4.74 Å². The Hall–Kier alpha value is -1.69. The van der Waals surface area contributed by atoms with E-state index in [1.807, 2.05) is 7.05 Å². The van der Waals surface area contributed by atoms with Crippen molar-refractivity contribution >= 4 is 16.9 Å². The fourth-order valence-corrected chi connectivity index (χ4v) is 2.40. The van der Waals surface area contributed by atoms with Crippen LogP contribution in [0, 0.1) is 0 Å². The molecule has 3 rings (SSSR count). The lowest BCUT2D eigenvalue weighted by Gasteiger charge is -2.28. The zero-order valence-corrected chi connectivity index (χ0v) is 10.5. The van der Waals surface area contributed by atoms with Crippen LogP contribution in [0.3, 0.4) is 0 Å². The predicted molar refractivity (Wildman–Crippen MR) is 68.5 cm³/mol. The van der Waals surface area contributed by atoms with Gasteiger partial charge in [-0.3, -0.25) is 5.10 Å². The highest BCUT2D eigenvalue weighted by Gasteiger charge is 2.18. The number of nitrogens with one attached hydrogen (secondary N) is 1. The van der Waals surface area contributed by atoms with Crippen molar-refractivity contribution in [3.05, 3.63) is 12.5 Å². The summed E-state index contributed by atoms with van der Waals surface area (Å²) in [6.45, 7) is 1.74. The van der Waals surface area contributed by atoms with Gasteiger partial charge in [-0.1, -0.05) is 0 Å². The third-order valence-electron chi connectivity index (χ3n) is 3.34. The van der Waals surface area contributed by atoms with E-state index in [0.717, 1.165) is 36.4 Å². The summed E-state index contributed by atoms with van der Waals surface area (Å²) < 4.78 is 5.76. The minimum absolute atomic E-state index is 0.306. The Bertz CT molecular complexity index is 520. The molecule has 0 saturated carbocycles. The number of likely N-dealkylation sites (N-methyl/N-ethyl adjacent to an activating group) is 1. The quantitative estimate of drug-likeness (QED) is 0.887. The van der Waals surface area contributed by atoms with E-state index in [4.69, 9.17) is 4.74 Å². The first-order chi connectivity index (χ1) is 8.84. The van der Waals surface area contributed by atoms with Crippen LogP contribution in [-0.4, -0.2) is 46.5 Å². The average Bonchev–Trinajstić information content (AvgIpc) is 2.87. The molecule has 6 nitrogen and oxygen atoms in total. The first kappa shape index (κ1) is 11.4. The van der Waals surface area contributed by atoms with Gasteiger partial charge >= 0.3 is 0 Å². The van der Waals surface area contributed by atoms with E-state index in [1.54, 1.807) is 12.5 Å². The smallest absolute Gasteiger partial charge is 0.160 e. The lowest BCUT2D eigenvalue weighted by molar-refractivity contribution is 0.0215. The second kappa shape index (κ2) is 4.89. The summed E-state index contributed by atoms with van der Waals surface area (Å²) >= 11 is 0. The SMILES string of the molecule is CN(CC1CCCCO1)c1ncnc2[nH]ncc12. The number of ether oxygens (including phenoxy) is 1. The van der Waals surface area contributed by atoms with Crippen molar-refractivity contribution in [3.63, 3.8) is 0 Å². The second-order valence-electron chi connectivity index (χ2n) is 4.70. The van der Waals surface area contributed by atoms with Crippen LogP contribution >= 0.6 is 0 Å². The van der Waals surface area contributed by atoms with Gasteiger partial charge in [-0.2, -0.15) is 5.10 Å². The highest BCUT2D eigenvalue weighted by atomic mass is 16.5. The van der Waals surface area contributed by atoms with Crippen LogP contribution in [0.1, 0.15) is 19.3 Å². The lowest BCUT2D eigenvalue weighted by atomic mass is 10.1. The van der Waals surface area contributed by atoms with Gasteiger partial charge in [0, 0.05) is 20.2 Å². The van der Waals surface area contributed by atoms with E-state index in [-0.39, 0.29) is 0 Å². The number of anilines is 1. The Kier molecular flexibility index (Phi) is 3.10. The van der Waals surface area contributed by atoms with E-state index >= 15 is 0 Å². The fraction of sp³-hybridized carbons (Fsp3) is 0.583. The summed E-state index contributed by atoms with van der Waals surface area (Å²) in [4.78, 5) is 10.6. The Morgan fingerprint density at radius 3 is 3.22 bits per heavy atom. The van der Waals surface area contributed by atoms with Crippen LogP contribution in [0.25, 0.3) is 11.0 Å². The third kappa shape index (κ3) is 2.15. The van der Waals surface area contributed by atoms with Crippen molar-refractivity contribution in [2.24, 2.45) is 0 Å². The molecule has 0 radical (unpaired) electrons. The number of rotatable bonds is 3. The number of nitrogens with zero attached hydrogens (tertiary/aromatic N) is 4. The maximum Gasteiger partial charge on any atom is 0.160 e. The minimum Gasteiger partial charge on any atom is -0.376 e. The Balaban J connectivity index is 1.78. The molecule has 0 aliphatic carbocycles. The molecule has 1 saturated heterocycles. The fourth-order valence-electron chi connectivity index (χ4n) is 2.40. The van der Waals surface area contributed by atoms with Gasteiger partial charge in [0.2, 0.25) is 0 Å². The molecule has 1 atom stereocenters. The van der Waals surface area contributed by atoms with Gasteiger partial charge in [-0.25, -0.2) is 9.97 Å². The third-order valence-corrected chi connectivity index (χ3v) is 3.34. The maximum atomic E-state index is 5.76. The number of aromatic nitrogens is 4. The van der Waals surface area contributed by atoms with Crippen molar-refractivity contribution < 1.29 is 4.74 Å². The maximum absolute atomic E-state index is 5.76. The largest absolute Gasteiger partial charge is 0.376 e. The highest BCUT2D eigenvalue weighted by Crippen LogP contribution is 2.21. The minimum atomic E-state index is 0.306. The van der Waals surface area contributed by atoms with E-state index in [2.05, 4.69) is 25.1 Å². The molecule has 18 heavy (non-hydrogen) atoms. The van der Waals surface area contributed by atoms with Gasteiger partial charge in [0.25, 0.3) is 0 Å². The van der Waals surface area contributed by atoms with E-state index in [1.165, 1.54) is 12.8 Å². The molecule has 0 aromatic carbocycles. The van der Waals surface area contributed by atoms with E-state index in [0.29, 0.717) is 6.10 Å². The normalized spacial score (nSPS) is 20.2. The molecular weight excluding hydrogens is 230 g/mol. The molecular formula is C12H17N5O. The van der Waals surface area contributed by atoms with Gasteiger partial charge in [0.05, 0.1) is 17.7 Å². The molecule has 96 valence electrons. The van der Waals surface area contributed by atoms with Crippen LogP contribution in [0.5, 0.6) is 0 Å². The molecule has 1 aliphatic heterocycles. The second-order valence-corrected chi connectivity index (χ2v) is 4.70. The van der Waals surface area contributed by atoms with Crippen molar-refractivity contribution in [1.82, 2.24) is 20.2 Å². The van der Waals surface area contributed by atoms with Crippen molar-refractivity contribution in [2.45, 2.75) is 25.4 Å². The zero-order valence-electron chi connectivity index (χ0n) is 10.5. The van der Waals surface area contributed by atoms with Crippen molar-refractivity contribution in [1.29, 1.82) is 0 Å². The molecule has 0 spiro atoms. The summed E-state index contributed by atoms with van der Waals surface area (Å²) in [5.41, 5.74) is 0.774. The number of hydrogen-bond donors (Lipinski definition) is 1. The molecule has 3 heterocycles. The molecule has 1 aliphatic rings. The van der Waals surface area contributed by atoms with Crippen LogP contribution < -0.4 is 4.90 Å². The van der Waals surface area contributed by atoms with Crippen LogP contribution in [0.4, 0.5) is 5.82 Å². The Morgan fingerprint density at radius 2 is 2.39 bits per heavy atom. The first-order valence-electron chi connectivity index (χ1n) is 6.31. The average molecular weight is 247 g/mol. The molecule has 0 amide bonds. The zero-order chi connectivity index (χ0) is 12.4. The number of aromatic amines is 1. The van der Waals surface area contributed by atoms with Gasteiger partial charge < -0.3 is 9.64 Å². The first-order valence-corrected chi connectivity index (χ1v) is 6.31. The summed E-state index contributed by atoms with van der Waals surface area (Å²) in [7, 11) is 2.03. The van der Waals surface area contributed by atoms with E-state index < -0.39 is 0 Å². The summed E-state index contributed by atoms with van der Waals surface area (Å²) in [6, 6.07) is 0. The Morgan fingerprint density at radius 1 is 1.44 bits per heavy atom. The van der Waals surface area contributed by atoms with Crippen molar-refractivity contribution in [3.8, 4) is 0 Å². The Labute approximate surface area is 105 Å². The van der Waals surface area contributed by atoms with Crippen molar-refractivity contribution in [2.75, 3.05) is 25.1 Å².